The van der Waals surface area contributed by atoms with Gasteiger partial charge in [0.25, 0.3) is 0 Å². The minimum atomic E-state index is -0.847. The predicted molar refractivity (Wildman–Crippen MR) is 26.4 cm³/mol. The van der Waals surface area contributed by atoms with E-state index >= 15 is 0 Å². The Morgan fingerprint density at radius 2 is 2.43 bits per heavy atom. The van der Waals surface area contributed by atoms with E-state index < -0.39 is 12.7 Å². The van der Waals surface area contributed by atoms with Crippen molar-refractivity contribution in [1.82, 2.24) is 0 Å². The van der Waals surface area contributed by atoms with Gasteiger partial charge in [-0.3, -0.25) is 0 Å². The van der Waals surface area contributed by atoms with Crippen LogP contribution in [0.2, 0.25) is 0 Å². The Kier molecular flexibility index (Phi) is 2.64. The van der Waals surface area contributed by atoms with E-state index in [1.54, 1.807) is 6.92 Å². The number of hydrogen-bond donors (Lipinski definition) is 1. The molecular formula is C5H9O2. The average molecular weight is 101 g/mol. The highest BCUT2D eigenvalue weighted by molar-refractivity contribution is 4.95. The van der Waals surface area contributed by atoms with Crippen molar-refractivity contribution in [1.29, 1.82) is 0 Å². The highest BCUT2D eigenvalue weighted by Gasteiger charge is 1.99. The summed E-state index contributed by atoms with van der Waals surface area (Å²) in [7, 11) is 0. The second-order valence-corrected chi connectivity index (χ2v) is 1.53. The molecule has 1 radical (unpaired) electrons. The summed E-state index contributed by atoms with van der Waals surface area (Å²) in [6, 6.07) is 0. The van der Waals surface area contributed by atoms with Crippen molar-refractivity contribution < 1.29 is 10.2 Å². The molecule has 0 aliphatic heterocycles. The molecule has 0 aliphatic rings. The fourth-order valence-corrected chi connectivity index (χ4v) is 0.142. The van der Waals surface area contributed by atoms with Gasteiger partial charge < -0.3 is 5.11 Å². The zero-order valence-electron chi connectivity index (χ0n) is 4.35. The lowest BCUT2D eigenvalue weighted by molar-refractivity contribution is 0.0776. The monoisotopic (exact) mass is 101 g/mol. The molecule has 1 unspecified atom stereocenters. The molecule has 0 saturated heterocycles. The van der Waals surface area contributed by atoms with Crippen LogP contribution >= 0.6 is 0 Å². The van der Waals surface area contributed by atoms with Crippen LogP contribution < -0.4 is 0 Å². The molecule has 0 aromatic carbocycles. The van der Waals surface area contributed by atoms with E-state index in [0.29, 0.717) is 5.57 Å². The van der Waals surface area contributed by atoms with E-state index in [4.69, 9.17) is 5.11 Å². The van der Waals surface area contributed by atoms with Gasteiger partial charge in [0, 0.05) is 0 Å². The normalized spacial score (nSPS) is 13.6. The second-order valence-electron chi connectivity index (χ2n) is 1.53. The van der Waals surface area contributed by atoms with Gasteiger partial charge in [0.05, 0.1) is 0 Å². The molecule has 0 aliphatic carbocycles. The topological polar surface area (TPSA) is 40.1 Å². The molecule has 0 saturated carbocycles. The number of aliphatic hydroxyl groups is 1. The molecule has 0 aromatic rings. The Bertz CT molecular complexity index is 68.5. The molecule has 41 valence electrons. The number of aliphatic hydroxyl groups excluding tert-OH is 1. The molecule has 2 nitrogen and oxygen atoms in total. The van der Waals surface area contributed by atoms with Gasteiger partial charge in [-0.2, -0.15) is 0 Å². The van der Waals surface area contributed by atoms with Crippen molar-refractivity contribution >= 4 is 0 Å². The van der Waals surface area contributed by atoms with Crippen molar-refractivity contribution in [3.63, 3.8) is 0 Å². The highest BCUT2D eigenvalue weighted by atomic mass is 16.3. The van der Waals surface area contributed by atoms with Gasteiger partial charge in [0.1, 0.15) is 12.7 Å². The maximum Gasteiger partial charge on any atom is 0.112 e. The van der Waals surface area contributed by atoms with Gasteiger partial charge in [-0.25, -0.2) is 5.11 Å². The van der Waals surface area contributed by atoms with Crippen LogP contribution in [-0.4, -0.2) is 17.8 Å². The summed E-state index contributed by atoms with van der Waals surface area (Å²) in [5.74, 6) is 0. The molecule has 0 fully saturated rings. The van der Waals surface area contributed by atoms with Crippen LogP contribution in [0.15, 0.2) is 12.2 Å². The molecule has 7 heavy (non-hydrogen) atoms. The molecule has 0 rings (SSSR count). The van der Waals surface area contributed by atoms with E-state index in [1.807, 2.05) is 0 Å². The molecule has 0 heterocycles. The smallest absolute Gasteiger partial charge is 0.112 e. The van der Waals surface area contributed by atoms with Crippen LogP contribution in [0.4, 0.5) is 0 Å². The van der Waals surface area contributed by atoms with Gasteiger partial charge in [0.2, 0.25) is 0 Å². The first-order chi connectivity index (χ1) is 3.18. The van der Waals surface area contributed by atoms with Crippen molar-refractivity contribution in [3.8, 4) is 0 Å². The maximum atomic E-state index is 9.76. The zero-order valence-corrected chi connectivity index (χ0v) is 4.35. The Labute approximate surface area is 43.1 Å². The van der Waals surface area contributed by atoms with Crippen LogP contribution in [0.5, 0.6) is 0 Å². The average Bonchev–Trinajstić information content (AvgIpc) is 1.65. The quantitative estimate of drug-likeness (QED) is 0.501. The predicted octanol–water partition coefficient (Wildman–Crippen LogP) is 0.354. The summed E-state index contributed by atoms with van der Waals surface area (Å²) in [6.07, 6.45) is -0.847. The number of rotatable bonds is 2. The fourth-order valence-electron chi connectivity index (χ4n) is 0.142. The van der Waals surface area contributed by atoms with Crippen LogP contribution in [-0.2, 0) is 5.11 Å². The summed E-state index contributed by atoms with van der Waals surface area (Å²) in [5.41, 5.74) is 0.537. The third-order valence-electron chi connectivity index (χ3n) is 0.727. The van der Waals surface area contributed by atoms with Crippen LogP contribution in [0.3, 0.4) is 0 Å². The first-order valence-corrected chi connectivity index (χ1v) is 2.10. The molecule has 0 spiro atoms. The Morgan fingerprint density at radius 3 is 2.43 bits per heavy atom. The van der Waals surface area contributed by atoms with Gasteiger partial charge >= 0.3 is 0 Å². The Hall–Kier alpha value is -0.340. The van der Waals surface area contributed by atoms with E-state index in [2.05, 4.69) is 6.58 Å². The summed E-state index contributed by atoms with van der Waals surface area (Å²) in [5, 5.41) is 18.3. The molecule has 2 heteroatoms. The number of hydrogen-bond acceptors (Lipinski definition) is 1. The second kappa shape index (κ2) is 2.77. The van der Waals surface area contributed by atoms with Gasteiger partial charge in [0.15, 0.2) is 0 Å². The lowest BCUT2D eigenvalue weighted by Gasteiger charge is -2.00. The standard InChI is InChI=1S/C5H9O2/c1-4(2)5(7)3-6/h5,7H,1,3H2,2H3. The molecule has 0 amide bonds. The van der Waals surface area contributed by atoms with Gasteiger partial charge in [-0.05, 0) is 12.5 Å². The molecule has 0 bridgehead atoms. The first kappa shape index (κ1) is 6.66. The van der Waals surface area contributed by atoms with Crippen molar-refractivity contribution in [3.05, 3.63) is 12.2 Å². The fraction of sp³-hybridized carbons (Fsp3) is 0.600. The van der Waals surface area contributed by atoms with E-state index in [-0.39, 0.29) is 0 Å². The molecule has 1 atom stereocenters. The van der Waals surface area contributed by atoms with Gasteiger partial charge in [-0.1, -0.05) is 6.58 Å². The van der Waals surface area contributed by atoms with Gasteiger partial charge in [-0.15, -0.1) is 0 Å². The lowest BCUT2D eigenvalue weighted by atomic mass is 10.2. The summed E-state index contributed by atoms with van der Waals surface area (Å²) in [4.78, 5) is 0. The van der Waals surface area contributed by atoms with E-state index in [1.165, 1.54) is 0 Å². The van der Waals surface area contributed by atoms with E-state index in [0.717, 1.165) is 0 Å². The summed E-state index contributed by atoms with van der Waals surface area (Å²) >= 11 is 0. The van der Waals surface area contributed by atoms with Crippen molar-refractivity contribution in [2.24, 2.45) is 0 Å². The lowest BCUT2D eigenvalue weighted by Crippen LogP contribution is -2.10. The highest BCUT2D eigenvalue weighted by Crippen LogP contribution is 1.93. The largest absolute Gasteiger partial charge is 0.386 e. The Morgan fingerprint density at radius 1 is 2.00 bits per heavy atom. The minimum Gasteiger partial charge on any atom is -0.386 e. The molecule has 0 aromatic heterocycles. The van der Waals surface area contributed by atoms with Crippen molar-refractivity contribution in [2.75, 3.05) is 6.61 Å². The third kappa shape index (κ3) is 2.37. The summed E-state index contributed by atoms with van der Waals surface area (Å²) in [6.45, 7) is 4.53. The zero-order chi connectivity index (χ0) is 5.86. The first-order valence-electron chi connectivity index (χ1n) is 2.10. The van der Waals surface area contributed by atoms with Crippen LogP contribution in [0.25, 0.3) is 0 Å². The summed E-state index contributed by atoms with van der Waals surface area (Å²) < 4.78 is 0. The molecule has 1 N–H and O–H groups in total. The van der Waals surface area contributed by atoms with Crippen LogP contribution in [0, 0.1) is 0 Å². The Balaban J connectivity index is 3.34. The van der Waals surface area contributed by atoms with Crippen LogP contribution in [0.1, 0.15) is 6.92 Å². The van der Waals surface area contributed by atoms with Crippen molar-refractivity contribution in [2.45, 2.75) is 13.0 Å². The maximum absolute atomic E-state index is 9.76. The molecular weight excluding hydrogens is 92.1 g/mol. The SMILES string of the molecule is C=C(C)C(O)C[O]. The van der Waals surface area contributed by atoms with E-state index in [9.17, 15) is 5.11 Å². The third-order valence-corrected chi connectivity index (χ3v) is 0.727. The minimum absolute atomic E-state index is 0.477.